The maximum absolute atomic E-state index is 10.7. The first kappa shape index (κ1) is 11.0. The first-order valence-electron chi connectivity index (χ1n) is 3.79. The van der Waals surface area contributed by atoms with Gasteiger partial charge in [-0.3, -0.25) is 0 Å². The summed E-state index contributed by atoms with van der Waals surface area (Å²) in [7, 11) is 1.50. The fourth-order valence-electron chi connectivity index (χ4n) is 0.896. The molecular formula is C9H9BrO4. The van der Waals surface area contributed by atoms with Gasteiger partial charge in [-0.25, -0.2) is 4.79 Å². The Balaban J connectivity index is 2.89. The number of methoxy groups -OCH3 is 1. The monoisotopic (exact) mass is 260 g/mol. The van der Waals surface area contributed by atoms with Crippen LogP contribution in [-0.4, -0.2) is 25.0 Å². The molecule has 0 aliphatic heterocycles. The minimum atomic E-state index is -0.992. The molecule has 0 fully saturated rings. The maximum atomic E-state index is 10.7. The first-order valence-corrected chi connectivity index (χ1v) is 4.58. The van der Waals surface area contributed by atoms with Crippen LogP contribution in [0.1, 0.15) is 10.4 Å². The van der Waals surface area contributed by atoms with Gasteiger partial charge >= 0.3 is 5.97 Å². The highest BCUT2D eigenvalue weighted by Crippen LogP contribution is 2.21. The summed E-state index contributed by atoms with van der Waals surface area (Å²) in [4.78, 5) is 10.7. The van der Waals surface area contributed by atoms with E-state index in [4.69, 9.17) is 14.6 Å². The Bertz CT molecular complexity index is 338. The van der Waals surface area contributed by atoms with Crippen LogP contribution in [0.25, 0.3) is 0 Å². The van der Waals surface area contributed by atoms with Crippen molar-refractivity contribution in [2.24, 2.45) is 0 Å². The lowest BCUT2D eigenvalue weighted by molar-refractivity contribution is 0.0507. The third-order valence-corrected chi connectivity index (χ3v) is 1.92. The van der Waals surface area contributed by atoms with Gasteiger partial charge in [0.1, 0.15) is 5.75 Å². The fourth-order valence-corrected chi connectivity index (χ4v) is 1.37. The molecule has 0 radical (unpaired) electrons. The number of ether oxygens (including phenoxy) is 2. The lowest BCUT2D eigenvalue weighted by Crippen LogP contribution is -2.01. The van der Waals surface area contributed by atoms with Crippen LogP contribution in [-0.2, 0) is 4.74 Å². The van der Waals surface area contributed by atoms with Crippen LogP contribution in [0.3, 0.4) is 0 Å². The molecule has 76 valence electrons. The van der Waals surface area contributed by atoms with Gasteiger partial charge in [0.15, 0.2) is 6.79 Å². The van der Waals surface area contributed by atoms with Gasteiger partial charge in [-0.15, -0.1) is 0 Å². The van der Waals surface area contributed by atoms with Crippen molar-refractivity contribution in [3.8, 4) is 5.75 Å². The molecule has 0 heterocycles. The van der Waals surface area contributed by atoms with Crippen LogP contribution in [0, 0.1) is 0 Å². The highest BCUT2D eigenvalue weighted by atomic mass is 79.9. The van der Waals surface area contributed by atoms with Gasteiger partial charge in [-0.05, 0) is 18.2 Å². The largest absolute Gasteiger partial charge is 0.478 e. The zero-order chi connectivity index (χ0) is 10.6. The number of aromatic carboxylic acids is 1. The highest BCUT2D eigenvalue weighted by Gasteiger charge is 2.06. The standard InChI is InChI=1S/C9H9BrO4/c1-13-5-14-8-3-6(9(11)12)2-7(10)4-8/h2-4H,5H2,1H3,(H,11,12). The van der Waals surface area contributed by atoms with Crippen molar-refractivity contribution in [3.05, 3.63) is 28.2 Å². The van der Waals surface area contributed by atoms with E-state index in [-0.39, 0.29) is 12.4 Å². The second-order valence-corrected chi connectivity index (χ2v) is 3.45. The molecule has 0 spiro atoms. The number of hydrogen-bond acceptors (Lipinski definition) is 3. The fraction of sp³-hybridized carbons (Fsp3) is 0.222. The second-order valence-electron chi connectivity index (χ2n) is 2.53. The summed E-state index contributed by atoms with van der Waals surface area (Å²) in [6, 6.07) is 4.61. The van der Waals surface area contributed by atoms with Crippen molar-refractivity contribution in [3.63, 3.8) is 0 Å². The molecule has 0 bridgehead atoms. The van der Waals surface area contributed by atoms with Gasteiger partial charge in [0, 0.05) is 11.6 Å². The average Bonchev–Trinajstić information content (AvgIpc) is 2.14. The highest BCUT2D eigenvalue weighted by molar-refractivity contribution is 9.10. The minimum absolute atomic E-state index is 0.0928. The van der Waals surface area contributed by atoms with E-state index in [0.29, 0.717) is 10.2 Å². The zero-order valence-electron chi connectivity index (χ0n) is 7.49. The van der Waals surface area contributed by atoms with E-state index in [1.54, 1.807) is 6.07 Å². The van der Waals surface area contributed by atoms with Crippen molar-refractivity contribution >= 4 is 21.9 Å². The van der Waals surface area contributed by atoms with Gasteiger partial charge < -0.3 is 14.6 Å². The number of halogens is 1. The second kappa shape index (κ2) is 4.97. The Morgan fingerprint density at radius 3 is 2.79 bits per heavy atom. The van der Waals surface area contributed by atoms with Crippen molar-refractivity contribution in [1.82, 2.24) is 0 Å². The van der Waals surface area contributed by atoms with Crippen LogP contribution >= 0.6 is 15.9 Å². The SMILES string of the molecule is COCOc1cc(Br)cc(C(=O)O)c1. The summed E-state index contributed by atoms with van der Waals surface area (Å²) in [6.45, 7) is 0.0928. The summed E-state index contributed by atoms with van der Waals surface area (Å²) in [6.07, 6.45) is 0. The molecule has 1 N–H and O–H groups in total. The molecule has 1 aromatic rings. The van der Waals surface area contributed by atoms with Crippen LogP contribution in [0.15, 0.2) is 22.7 Å². The summed E-state index contributed by atoms with van der Waals surface area (Å²) in [5, 5.41) is 8.75. The Hall–Kier alpha value is -1.07. The molecule has 0 aliphatic carbocycles. The zero-order valence-corrected chi connectivity index (χ0v) is 9.08. The third kappa shape index (κ3) is 3.01. The predicted octanol–water partition coefficient (Wildman–Crippen LogP) is 2.13. The smallest absolute Gasteiger partial charge is 0.335 e. The molecule has 0 aliphatic rings. The van der Waals surface area contributed by atoms with Crippen molar-refractivity contribution in [1.29, 1.82) is 0 Å². The molecule has 0 atom stereocenters. The van der Waals surface area contributed by atoms with Gasteiger partial charge in [0.05, 0.1) is 5.56 Å². The molecule has 1 aromatic carbocycles. The number of carbonyl (C=O) groups is 1. The Kier molecular flexibility index (Phi) is 3.91. The van der Waals surface area contributed by atoms with Gasteiger partial charge in [-0.1, -0.05) is 15.9 Å². The number of carboxylic acids is 1. The number of benzene rings is 1. The molecule has 0 saturated heterocycles. The Morgan fingerprint density at radius 2 is 2.21 bits per heavy atom. The number of hydrogen-bond donors (Lipinski definition) is 1. The summed E-state index contributed by atoms with van der Waals surface area (Å²) in [5.74, 6) is -0.535. The van der Waals surface area contributed by atoms with Gasteiger partial charge in [0.2, 0.25) is 0 Å². The molecule has 14 heavy (non-hydrogen) atoms. The van der Waals surface area contributed by atoms with Gasteiger partial charge in [0.25, 0.3) is 0 Å². The first-order chi connectivity index (χ1) is 6.63. The van der Waals surface area contributed by atoms with E-state index in [1.165, 1.54) is 19.2 Å². The normalized spacial score (nSPS) is 9.86. The molecular weight excluding hydrogens is 252 g/mol. The van der Waals surface area contributed by atoms with Crippen LogP contribution in [0.4, 0.5) is 0 Å². The lowest BCUT2D eigenvalue weighted by atomic mass is 10.2. The Labute approximate surface area is 89.6 Å². The van der Waals surface area contributed by atoms with Crippen molar-refractivity contribution in [2.45, 2.75) is 0 Å². The topological polar surface area (TPSA) is 55.8 Å². The maximum Gasteiger partial charge on any atom is 0.335 e. The minimum Gasteiger partial charge on any atom is -0.478 e. The third-order valence-electron chi connectivity index (χ3n) is 1.46. The van der Waals surface area contributed by atoms with Crippen molar-refractivity contribution in [2.75, 3.05) is 13.9 Å². The van der Waals surface area contributed by atoms with Crippen LogP contribution in [0.2, 0.25) is 0 Å². The number of rotatable bonds is 4. The summed E-state index contributed by atoms with van der Waals surface area (Å²) in [5.41, 5.74) is 0.172. The number of carboxylic acid groups (broad SMARTS) is 1. The van der Waals surface area contributed by atoms with Crippen LogP contribution < -0.4 is 4.74 Å². The molecule has 1 rings (SSSR count). The van der Waals surface area contributed by atoms with Crippen molar-refractivity contribution < 1.29 is 19.4 Å². The molecule has 0 saturated carbocycles. The van der Waals surface area contributed by atoms with E-state index in [9.17, 15) is 4.79 Å². The molecule has 0 unspecified atom stereocenters. The molecule has 0 aromatic heterocycles. The molecule has 5 heteroatoms. The predicted molar refractivity (Wildman–Crippen MR) is 53.6 cm³/mol. The van der Waals surface area contributed by atoms with Crippen LogP contribution in [0.5, 0.6) is 5.75 Å². The Morgan fingerprint density at radius 1 is 1.50 bits per heavy atom. The van der Waals surface area contributed by atoms with Gasteiger partial charge in [-0.2, -0.15) is 0 Å². The van der Waals surface area contributed by atoms with E-state index >= 15 is 0 Å². The lowest BCUT2D eigenvalue weighted by Gasteiger charge is -2.05. The van der Waals surface area contributed by atoms with E-state index in [1.807, 2.05) is 0 Å². The van der Waals surface area contributed by atoms with E-state index in [0.717, 1.165) is 0 Å². The average molecular weight is 261 g/mol. The summed E-state index contributed by atoms with van der Waals surface area (Å²) < 4.78 is 10.5. The van der Waals surface area contributed by atoms with E-state index in [2.05, 4.69) is 15.9 Å². The molecule has 0 amide bonds. The quantitative estimate of drug-likeness (QED) is 0.843. The van der Waals surface area contributed by atoms with E-state index < -0.39 is 5.97 Å². The summed E-state index contributed by atoms with van der Waals surface area (Å²) >= 11 is 3.19. The molecule has 4 nitrogen and oxygen atoms in total.